The molecule has 106 valence electrons. The molecule has 0 saturated heterocycles. The first-order valence-corrected chi connectivity index (χ1v) is 7.12. The van der Waals surface area contributed by atoms with E-state index in [0.717, 1.165) is 6.07 Å². The lowest BCUT2D eigenvalue weighted by Crippen LogP contribution is -2.40. The van der Waals surface area contributed by atoms with Gasteiger partial charge in [0.15, 0.2) is 0 Å². The second-order valence-corrected chi connectivity index (χ2v) is 6.88. The van der Waals surface area contributed by atoms with Crippen molar-refractivity contribution in [1.29, 1.82) is 0 Å². The van der Waals surface area contributed by atoms with Crippen LogP contribution in [0.3, 0.4) is 0 Å². The highest BCUT2D eigenvalue weighted by Gasteiger charge is 2.22. The van der Waals surface area contributed by atoms with Gasteiger partial charge in [-0.2, -0.15) is 0 Å². The summed E-state index contributed by atoms with van der Waals surface area (Å²) in [7, 11) is -4.21. The molecule has 1 amide bonds. The molecule has 0 fully saturated rings. The third kappa shape index (κ3) is 4.00. The highest BCUT2D eigenvalue weighted by molar-refractivity contribution is 7.89. The van der Waals surface area contributed by atoms with E-state index in [0.29, 0.717) is 0 Å². The maximum absolute atomic E-state index is 13.7. The van der Waals surface area contributed by atoms with Gasteiger partial charge >= 0.3 is 0 Å². The zero-order valence-corrected chi connectivity index (χ0v) is 12.1. The first-order chi connectivity index (χ1) is 8.42. The van der Waals surface area contributed by atoms with Crippen LogP contribution < -0.4 is 10.5 Å². The molecular formula is C12H17FN2O3S. The van der Waals surface area contributed by atoms with Crippen LogP contribution in [0.1, 0.15) is 36.7 Å². The zero-order chi connectivity index (χ0) is 15.0. The van der Waals surface area contributed by atoms with E-state index in [1.807, 2.05) is 0 Å². The van der Waals surface area contributed by atoms with Crippen molar-refractivity contribution in [3.8, 4) is 0 Å². The average Bonchev–Trinajstić information content (AvgIpc) is 2.17. The predicted octanol–water partition coefficient (Wildman–Crippen LogP) is 1.31. The Kier molecular flexibility index (Phi) is 4.02. The second-order valence-electron chi connectivity index (χ2n) is 5.35. The molecule has 3 N–H and O–H groups in total. The van der Waals surface area contributed by atoms with Gasteiger partial charge in [-0.15, -0.1) is 0 Å². The van der Waals surface area contributed by atoms with E-state index in [9.17, 15) is 17.6 Å². The van der Waals surface area contributed by atoms with E-state index in [-0.39, 0.29) is 11.1 Å². The number of hydrogen-bond donors (Lipinski definition) is 2. The van der Waals surface area contributed by atoms with Crippen molar-refractivity contribution in [3.05, 3.63) is 29.1 Å². The van der Waals surface area contributed by atoms with Gasteiger partial charge in [0.2, 0.25) is 10.0 Å². The van der Waals surface area contributed by atoms with Crippen LogP contribution >= 0.6 is 0 Å². The van der Waals surface area contributed by atoms with E-state index < -0.39 is 32.2 Å². The molecule has 0 bridgehead atoms. The maximum atomic E-state index is 13.7. The first kappa shape index (κ1) is 15.6. The van der Waals surface area contributed by atoms with Gasteiger partial charge in [-0.25, -0.2) is 17.9 Å². The monoisotopic (exact) mass is 288 g/mol. The van der Waals surface area contributed by atoms with E-state index in [1.165, 1.54) is 13.0 Å². The van der Waals surface area contributed by atoms with Crippen LogP contribution in [-0.2, 0) is 10.0 Å². The van der Waals surface area contributed by atoms with Crippen molar-refractivity contribution < 1.29 is 17.6 Å². The molecule has 1 aromatic carbocycles. The number of benzene rings is 1. The molecule has 7 heteroatoms. The molecular weight excluding hydrogens is 271 g/mol. The first-order valence-electron chi connectivity index (χ1n) is 5.57. The van der Waals surface area contributed by atoms with Crippen molar-refractivity contribution in [3.63, 3.8) is 0 Å². The van der Waals surface area contributed by atoms with E-state index in [4.69, 9.17) is 5.14 Å². The SMILES string of the molecule is Cc1cc(C(=O)NC(C)(C)C)cc(S(N)(=O)=O)c1F. The Morgan fingerprint density at radius 3 is 2.26 bits per heavy atom. The molecule has 1 rings (SSSR count). The summed E-state index contributed by atoms with van der Waals surface area (Å²) < 4.78 is 36.2. The summed E-state index contributed by atoms with van der Waals surface area (Å²) >= 11 is 0. The second kappa shape index (κ2) is 4.90. The van der Waals surface area contributed by atoms with Crippen LogP contribution in [0.4, 0.5) is 4.39 Å². The van der Waals surface area contributed by atoms with Gasteiger partial charge in [-0.1, -0.05) is 0 Å². The lowest BCUT2D eigenvalue weighted by Gasteiger charge is -2.21. The molecule has 0 aromatic heterocycles. The third-order valence-electron chi connectivity index (χ3n) is 2.28. The number of carbonyl (C=O) groups excluding carboxylic acids is 1. The number of rotatable bonds is 2. The summed E-state index contributed by atoms with van der Waals surface area (Å²) in [6.07, 6.45) is 0. The quantitative estimate of drug-likeness (QED) is 0.859. The molecule has 0 spiro atoms. The Hall–Kier alpha value is -1.47. The van der Waals surface area contributed by atoms with Crippen LogP contribution in [0.5, 0.6) is 0 Å². The number of hydrogen-bond acceptors (Lipinski definition) is 3. The number of aryl methyl sites for hydroxylation is 1. The number of primary sulfonamides is 1. The number of sulfonamides is 1. The van der Waals surface area contributed by atoms with Gasteiger partial charge in [0, 0.05) is 11.1 Å². The molecule has 0 aliphatic rings. The Morgan fingerprint density at radius 2 is 1.84 bits per heavy atom. The fourth-order valence-corrected chi connectivity index (χ4v) is 2.19. The summed E-state index contributed by atoms with van der Waals surface area (Å²) in [4.78, 5) is 11.3. The molecule has 19 heavy (non-hydrogen) atoms. The third-order valence-corrected chi connectivity index (χ3v) is 3.19. The van der Waals surface area contributed by atoms with Crippen LogP contribution in [0.25, 0.3) is 0 Å². The predicted molar refractivity (Wildman–Crippen MR) is 69.7 cm³/mol. The Morgan fingerprint density at radius 1 is 1.32 bits per heavy atom. The highest BCUT2D eigenvalue weighted by Crippen LogP contribution is 2.19. The minimum atomic E-state index is -4.21. The maximum Gasteiger partial charge on any atom is 0.251 e. The van der Waals surface area contributed by atoms with E-state index in [2.05, 4.69) is 5.32 Å². The van der Waals surface area contributed by atoms with Crippen molar-refractivity contribution in [2.24, 2.45) is 5.14 Å². The summed E-state index contributed by atoms with van der Waals surface area (Å²) in [6.45, 7) is 6.71. The standard InChI is InChI=1S/C12H17FN2O3S/c1-7-5-8(11(16)15-12(2,3)4)6-9(10(7)13)19(14,17)18/h5-6H,1-4H3,(H,15,16)(H2,14,17,18). The number of carbonyl (C=O) groups is 1. The summed E-state index contributed by atoms with van der Waals surface area (Å²) in [5, 5.41) is 7.59. The zero-order valence-electron chi connectivity index (χ0n) is 11.2. The number of amides is 1. The van der Waals surface area contributed by atoms with Gasteiger partial charge in [0.05, 0.1) is 0 Å². The largest absolute Gasteiger partial charge is 0.347 e. The Bertz CT molecular complexity index is 619. The molecule has 0 heterocycles. The summed E-state index contributed by atoms with van der Waals surface area (Å²) in [5.41, 5.74) is -0.385. The van der Waals surface area contributed by atoms with Gasteiger partial charge in [0.1, 0.15) is 10.7 Å². The minimum absolute atomic E-state index is 0.0468. The topological polar surface area (TPSA) is 89.3 Å². The number of nitrogens with one attached hydrogen (secondary N) is 1. The number of halogens is 1. The molecule has 0 aliphatic heterocycles. The van der Waals surface area contributed by atoms with Crippen molar-refractivity contribution >= 4 is 15.9 Å². The van der Waals surface area contributed by atoms with Crippen molar-refractivity contribution in [2.75, 3.05) is 0 Å². The normalized spacial score (nSPS) is 12.3. The van der Waals surface area contributed by atoms with Crippen molar-refractivity contribution in [1.82, 2.24) is 5.32 Å². The number of nitrogens with two attached hydrogens (primary N) is 1. The smallest absolute Gasteiger partial charge is 0.251 e. The van der Waals surface area contributed by atoms with Gasteiger partial charge < -0.3 is 5.32 Å². The molecule has 1 aromatic rings. The lowest BCUT2D eigenvalue weighted by atomic mass is 10.1. The molecule has 0 atom stereocenters. The molecule has 0 unspecified atom stereocenters. The van der Waals surface area contributed by atoms with Crippen LogP contribution in [0, 0.1) is 12.7 Å². The van der Waals surface area contributed by atoms with Gasteiger partial charge in [0.25, 0.3) is 5.91 Å². The fourth-order valence-electron chi connectivity index (χ4n) is 1.49. The van der Waals surface area contributed by atoms with Gasteiger partial charge in [-0.3, -0.25) is 4.79 Å². The van der Waals surface area contributed by atoms with Crippen molar-refractivity contribution in [2.45, 2.75) is 38.1 Å². The summed E-state index contributed by atoms with van der Waals surface area (Å²) in [5.74, 6) is -1.42. The minimum Gasteiger partial charge on any atom is -0.347 e. The fraction of sp³-hybridized carbons (Fsp3) is 0.417. The Balaban J connectivity index is 3.33. The van der Waals surface area contributed by atoms with Crippen LogP contribution in [0.2, 0.25) is 0 Å². The molecule has 0 saturated carbocycles. The van der Waals surface area contributed by atoms with E-state index in [1.54, 1.807) is 20.8 Å². The summed E-state index contributed by atoms with van der Waals surface area (Å²) in [6, 6.07) is 2.23. The van der Waals surface area contributed by atoms with Gasteiger partial charge in [-0.05, 0) is 45.4 Å². The highest BCUT2D eigenvalue weighted by atomic mass is 32.2. The molecule has 0 radical (unpaired) electrons. The van der Waals surface area contributed by atoms with Crippen LogP contribution in [-0.4, -0.2) is 19.9 Å². The molecule has 5 nitrogen and oxygen atoms in total. The van der Waals surface area contributed by atoms with Crippen LogP contribution in [0.15, 0.2) is 17.0 Å². The lowest BCUT2D eigenvalue weighted by molar-refractivity contribution is 0.0919. The Labute approximate surface area is 112 Å². The average molecular weight is 288 g/mol. The van der Waals surface area contributed by atoms with E-state index >= 15 is 0 Å². The molecule has 0 aliphatic carbocycles.